The number of pyridine rings is 2. The standard InChI is InChI=1S/C28H31N5O2.C27H30N4O2S/c1-19(2)28(5,25-13-11-22(17-31-25)35-18-26-29-15-6-16-30-26)21-9-7-20(8-10-21)23-12-14-24(33-32-23)27(3,4)34;1-18(2)27(5,24-12-10-21(16-29-24)33-17-25-28-14-15-34-25)20-8-6-19(7-9-20)22-11-13-23(31-30-22)26(3,4)32/h6-17,19,34H,18H2,1-5H3;6-16,18,32H,17H2,1-5H3. The minimum Gasteiger partial charge on any atom is -0.485 e. The van der Waals surface area contributed by atoms with Crippen LogP contribution in [0.5, 0.6) is 11.5 Å². The lowest BCUT2D eigenvalue weighted by molar-refractivity contribution is 0.0723. The lowest BCUT2D eigenvalue weighted by Crippen LogP contribution is -2.31. The highest BCUT2D eigenvalue weighted by Gasteiger charge is 2.35. The maximum atomic E-state index is 10.1. The lowest BCUT2D eigenvalue weighted by atomic mass is 9.70. The number of nitrogens with zero attached hydrogens (tertiary/aromatic N) is 9. The van der Waals surface area contributed by atoms with Gasteiger partial charge in [-0.25, -0.2) is 15.0 Å². The molecular formula is C55H61N9O4S. The Kier molecular flexibility index (Phi) is 15.4. The van der Waals surface area contributed by atoms with E-state index in [4.69, 9.17) is 19.4 Å². The summed E-state index contributed by atoms with van der Waals surface area (Å²) in [6, 6.07) is 33.9. The third-order valence-corrected chi connectivity index (χ3v) is 13.6. The van der Waals surface area contributed by atoms with E-state index in [1.54, 1.807) is 76.1 Å². The first-order valence-electron chi connectivity index (χ1n) is 23.0. The van der Waals surface area contributed by atoms with E-state index < -0.39 is 11.2 Å². The molecule has 0 bridgehead atoms. The monoisotopic (exact) mass is 943 g/mol. The van der Waals surface area contributed by atoms with Gasteiger partial charge in [0.1, 0.15) is 40.9 Å². The van der Waals surface area contributed by atoms with E-state index in [0.717, 1.165) is 50.2 Å². The smallest absolute Gasteiger partial charge is 0.166 e. The average molecular weight is 944 g/mol. The second-order valence-corrected chi connectivity index (χ2v) is 20.0. The van der Waals surface area contributed by atoms with Gasteiger partial charge in [-0.1, -0.05) is 76.2 Å². The number of rotatable bonds is 16. The van der Waals surface area contributed by atoms with Crippen molar-refractivity contribution in [3.8, 4) is 34.0 Å². The van der Waals surface area contributed by atoms with E-state index >= 15 is 0 Å². The Morgan fingerprint density at radius 3 is 1.26 bits per heavy atom. The molecule has 0 aliphatic carbocycles. The van der Waals surface area contributed by atoms with E-state index in [0.29, 0.717) is 48.0 Å². The number of thiazole rings is 1. The zero-order chi connectivity index (χ0) is 49.4. The topological polar surface area (TPSA) is 175 Å². The number of benzene rings is 2. The molecule has 356 valence electrons. The summed E-state index contributed by atoms with van der Waals surface area (Å²) in [5.74, 6) is 2.65. The van der Waals surface area contributed by atoms with Crippen molar-refractivity contribution >= 4 is 11.3 Å². The molecule has 14 heteroatoms. The molecule has 2 aromatic carbocycles. The minimum atomic E-state index is -1.02. The van der Waals surface area contributed by atoms with Gasteiger partial charge < -0.3 is 19.7 Å². The zero-order valence-corrected chi connectivity index (χ0v) is 41.8. The molecule has 8 rings (SSSR count). The maximum absolute atomic E-state index is 10.1. The summed E-state index contributed by atoms with van der Waals surface area (Å²) in [6.45, 7) is 20.8. The highest BCUT2D eigenvalue weighted by atomic mass is 32.1. The molecule has 6 heterocycles. The quantitative estimate of drug-likeness (QED) is 0.0937. The summed E-state index contributed by atoms with van der Waals surface area (Å²) in [5.41, 5.74) is 6.27. The average Bonchev–Trinajstić information content (AvgIpc) is 3.89. The summed E-state index contributed by atoms with van der Waals surface area (Å²) in [4.78, 5) is 22.1. The van der Waals surface area contributed by atoms with Crippen LogP contribution in [0.3, 0.4) is 0 Å². The van der Waals surface area contributed by atoms with Crippen molar-refractivity contribution in [1.29, 1.82) is 0 Å². The molecule has 2 unspecified atom stereocenters. The van der Waals surface area contributed by atoms with Crippen LogP contribution in [-0.4, -0.2) is 55.5 Å². The fraction of sp³-hybridized carbons (Fsp3) is 0.327. The van der Waals surface area contributed by atoms with Crippen molar-refractivity contribution < 1.29 is 19.7 Å². The summed E-state index contributed by atoms with van der Waals surface area (Å²) in [7, 11) is 0. The molecule has 0 saturated heterocycles. The molecule has 69 heavy (non-hydrogen) atoms. The van der Waals surface area contributed by atoms with Crippen LogP contribution >= 0.6 is 11.3 Å². The fourth-order valence-electron chi connectivity index (χ4n) is 7.72. The van der Waals surface area contributed by atoms with E-state index in [9.17, 15) is 10.2 Å². The number of hydrogen-bond acceptors (Lipinski definition) is 14. The molecule has 13 nitrogen and oxygen atoms in total. The van der Waals surface area contributed by atoms with Crippen molar-refractivity contribution in [3.05, 3.63) is 184 Å². The molecular weight excluding hydrogens is 883 g/mol. The molecule has 6 aromatic heterocycles. The van der Waals surface area contributed by atoms with Crippen molar-refractivity contribution in [3.63, 3.8) is 0 Å². The lowest BCUT2D eigenvalue weighted by Gasteiger charge is -2.34. The van der Waals surface area contributed by atoms with Gasteiger partial charge in [0.15, 0.2) is 5.82 Å². The summed E-state index contributed by atoms with van der Waals surface area (Å²) in [6.07, 6.45) is 8.72. The van der Waals surface area contributed by atoms with Gasteiger partial charge in [-0.3, -0.25) is 9.97 Å². The van der Waals surface area contributed by atoms with Gasteiger partial charge in [0, 0.05) is 45.9 Å². The molecule has 0 spiro atoms. The summed E-state index contributed by atoms with van der Waals surface area (Å²) < 4.78 is 11.6. The van der Waals surface area contributed by atoms with E-state index in [1.807, 2.05) is 53.9 Å². The van der Waals surface area contributed by atoms with Crippen LogP contribution in [0.1, 0.15) is 114 Å². The van der Waals surface area contributed by atoms with Crippen LogP contribution in [0.15, 0.2) is 139 Å². The summed E-state index contributed by atoms with van der Waals surface area (Å²) >= 11 is 1.58. The Labute approximate surface area is 409 Å². The first kappa shape index (κ1) is 50.0. The third kappa shape index (κ3) is 11.9. The molecule has 0 amide bonds. The van der Waals surface area contributed by atoms with E-state index in [-0.39, 0.29) is 10.8 Å². The second kappa shape index (κ2) is 21.2. The zero-order valence-electron chi connectivity index (χ0n) is 41.0. The highest BCUT2D eigenvalue weighted by Crippen LogP contribution is 2.40. The predicted octanol–water partition coefficient (Wildman–Crippen LogP) is 10.9. The molecule has 2 atom stereocenters. The van der Waals surface area contributed by atoms with Crippen LogP contribution in [0.2, 0.25) is 0 Å². The van der Waals surface area contributed by atoms with Gasteiger partial charge in [0.25, 0.3) is 0 Å². The number of aliphatic hydroxyl groups is 2. The Hall–Kier alpha value is -6.87. The molecule has 0 radical (unpaired) electrons. The normalized spacial score (nSPS) is 13.5. The van der Waals surface area contributed by atoms with Crippen LogP contribution in [-0.2, 0) is 35.2 Å². The number of ether oxygens (including phenoxy) is 2. The Morgan fingerprint density at radius 2 is 0.913 bits per heavy atom. The minimum absolute atomic E-state index is 0.275. The van der Waals surface area contributed by atoms with Crippen molar-refractivity contribution in [2.45, 2.75) is 104 Å². The van der Waals surface area contributed by atoms with Crippen molar-refractivity contribution in [1.82, 2.24) is 45.3 Å². The molecule has 2 N–H and O–H groups in total. The Morgan fingerprint density at radius 1 is 0.478 bits per heavy atom. The first-order chi connectivity index (χ1) is 32.8. The molecule has 0 saturated carbocycles. The Balaban J connectivity index is 0.000000204. The van der Waals surface area contributed by atoms with Crippen LogP contribution in [0, 0.1) is 11.8 Å². The Bertz CT molecular complexity index is 2840. The van der Waals surface area contributed by atoms with Crippen LogP contribution < -0.4 is 9.47 Å². The molecule has 0 fully saturated rings. The molecule has 8 aromatic rings. The molecule has 0 aliphatic heterocycles. The van der Waals surface area contributed by atoms with Crippen molar-refractivity contribution in [2.75, 3.05) is 0 Å². The number of hydrogen-bond donors (Lipinski definition) is 2. The van der Waals surface area contributed by atoms with Crippen molar-refractivity contribution in [2.24, 2.45) is 11.8 Å². The van der Waals surface area contributed by atoms with Crippen LogP contribution in [0.4, 0.5) is 0 Å². The first-order valence-corrected chi connectivity index (χ1v) is 23.9. The van der Waals surface area contributed by atoms with Gasteiger partial charge in [0.05, 0.1) is 46.6 Å². The van der Waals surface area contributed by atoms with E-state index in [2.05, 4.69) is 125 Å². The fourth-order valence-corrected chi connectivity index (χ4v) is 8.25. The van der Waals surface area contributed by atoms with Gasteiger partial charge >= 0.3 is 0 Å². The van der Waals surface area contributed by atoms with Gasteiger partial charge in [-0.05, 0) is 119 Å². The highest BCUT2D eigenvalue weighted by molar-refractivity contribution is 7.09. The largest absolute Gasteiger partial charge is 0.485 e. The second-order valence-electron chi connectivity index (χ2n) is 19.0. The molecule has 0 aliphatic rings. The SMILES string of the molecule is CC(C)C(C)(c1ccc(-c2ccc(C(C)(C)O)nn2)cc1)c1ccc(OCc2ncccn2)cn1.CC(C)C(C)(c1ccc(-c2ccc(C(C)(C)O)nn2)cc1)c1ccc(OCc2nccs2)cn1. The van der Waals surface area contributed by atoms with Gasteiger partial charge in [-0.15, -0.1) is 11.3 Å². The maximum Gasteiger partial charge on any atom is 0.166 e. The van der Waals surface area contributed by atoms with E-state index in [1.165, 1.54) is 5.56 Å². The predicted molar refractivity (Wildman–Crippen MR) is 269 cm³/mol. The third-order valence-electron chi connectivity index (χ3n) is 12.8. The van der Waals surface area contributed by atoms with Crippen LogP contribution in [0.25, 0.3) is 22.5 Å². The number of aromatic nitrogens is 9. The van der Waals surface area contributed by atoms with Gasteiger partial charge in [0.2, 0.25) is 0 Å². The summed E-state index contributed by atoms with van der Waals surface area (Å²) in [5, 5.41) is 40.1. The van der Waals surface area contributed by atoms with Gasteiger partial charge in [-0.2, -0.15) is 20.4 Å².